The van der Waals surface area contributed by atoms with E-state index in [9.17, 15) is 16.8 Å². The Morgan fingerprint density at radius 2 is 1.50 bits per heavy atom. The largest absolute Gasteiger partial charge is 0.493 e. The fraction of sp³-hybridized carbons (Fsp3) is 0.345. The highest BCUT2D eigenvalue weighted by atomic mass is 32.2. The van der Waals surface area contributed by atoms with Gasteiger partial charge in [-0.15, -0.1) is 0 Å². The summed E-state index contributed by atoms with van der Waals surface area (Å²) in [6.45, 7) is 4.77. The molecule has 0 bridgehead atoms. The molecule has 0 saturated carbocycles. The number of hydrogen-bond acceptors (Lipinski definition) is 8. The van der Waals surface area contributed by atoms with E-state index < -0.39 is 19.9 Å². The molecule has 1 fully saturated rings. The molecule has 0 radical (unpaired) electrons. The Hall–Kier alpha value is -3.65. The number of guanidine groups is 1. The Morgan fingerprint density at radius 3 is 2.19 bits per heavy atom. The predicted octanol–water partition coefficient (Wildman–Crippen LogP) is 2.45. The van der Waals surface area contributed by atoms with Crippen LogP contribution in [0.5, 0.6) is 5.75 Å². The topological polar surface area (TPSA) is 158 Å². The van der Waals surface area contributed by atoms with Gasteiger partial charge in [0.25, 0.3) is 0 Å². The van der Waals surface area contributed by atoms with Crippen LogP contribution in [0.3, 0.4) is 0 Å². The third-order valence-electron chi connectivity index (χ3n) is 6.67. The van der Waals surface area contributed by atoms with Crippen LogP contribution in [-0.2, 0) is 37.0 Å². The molecule has 226 valence electrons. The van der Waals surface area contributed by atoms with Gasteiger partial charge in [-0.3, -0.25) is 4.90 Å². The van der Waals surface area contributed by atoms with E-state index in [1.807, 2.05) is 37.3 Å². The van der Waals surface area contributed by atoms with E-state index in [1.165, 1.54) is 16.4 Å². The van der Waals surface area contributed by atoms with Crippen LogP contribution in [0.2, 0.25) is 0 Å². The highest BCUT2D eigenvalue weighted by Gasteiger charge is 2.33. The summed E-state index contributed by atoms with van der Waals surface area (Å²) in [6.07, 6.45) is 0.504. The number of benzene rings is 3. The maximum absolute atomic E-state index is 13.7. The first-order chi connectivity index (χ1) is 20.0. The Labute approximate surface area is 247 Å². The van der Waals surface area contributed by atoms with E-state index in [1.54, 1.807) is 30.3 Å². The number of ether oxygens (including phenoxy) is 1. The van der Waals surface area contributed by atoms with Crippen molar-refractivity contribution < 1.29 is 26.4 Å². The van der Waals surface area contributed by atoms with Gasteiger partial charge in [-0.05, 0) is 53.0 Å². The SMILES string of the molecule is Cc1cc(CS(=O)(=O)c2ccccc2S(=O)(=O)N2CCN(Cc3ccccc3)CC2)cc(OCCCON=C(N)N)c1. The summed E-state index contributed by atoms with van der Waals surface area (Å²) >= 11 is 0. The number of aryl methyl sites for hydroxylation is 1. The van der Waals surface area contributed by atoms with Gasteiger partial charge in [0.15, 0.2) is 9.84 Å². The minimum atomic E-state index is -4.04. The molecule has 1 aliphatic rings. The van der Waals surface area contributed by atoms with Crippen molar-refractivity contribution in [3.8, 4) is 5.75 Å². The first-order valence-corrected chi connectivity index (χ1v) is 16.7. The zero-order chi connectivity index (χ0) is 30.2. The fourth-order valence-electron chi connectivity index (χ4n) is 4.75. The molecule has 3 aromatic carbocycles. The van der Waals surface area contributed by atoms with Gasteiger partial charge in [0.2, 0.25) is 16.0 Å². The second kappa shape index (κ2) is 14.0. The Kier molecular flexibility index (Phi) is 10.4. The van der Waals surface area contributed by atoms with E-state index >= 15 is 0 Å². The molecule has 0 aliphatic carbocycles. The van der Waals surface area contributed by atoms with Gasteiger partial charge >= 0.3 is 0 Å². The summed E-state index contributed by atoms with van der Waals surface area (Å²) in [5.74, 6) is -0.0525. The molecule has 11 nitrogen and oxygen atoms in total. The smallest absolute Gasteiger partial charge is 0.244 e. The average molecular weight is 616 g/mol. The number of hydrogen-bond donors (Lipinski definition) is 2. The quantitative estimate of drug-likeness (QED) is 0.128. The molecule has 0 atom stereocenters. The van der Waals surface area contributed by atoms with Gasteiger partial charge < -0.3 is 21.0 Å². The van der Waals surface area contributed by atoms with Crippen molar-refractivity contribution in [2.45, 2.75) is 35.4 Å². The minimum absolute atomic E-state index is 0.170. The van der Waals surface area contributed by atoms with Crippen molar-refractivity contribution in [3.63, 3.8) is 0 Å². The van der Waals surface area contributed by atoms with Crippen LogP contribution in [0, 0.1) is 6.92 Å². The summed E-state index contributed by atoms with van der Waals surface area (Å²) in [4.78, 5) is 6.71. The van der Waals surface area contributed by atoms with E-state index in [-0.39, 0.29) is 41.2 Å². The molecule has 42 heavy (non-hydrogen) atoms. The Balaban J connectivity index is 1.44. The monoisotopic (exact) mass is 615 g/mol. The number of rotatable bonds is 13. The van der Waals surface area contributed by atoms with Crippen molar-refractivity contribution >= 4 is 25.8 Å². The van der Waals surface area contributed by atoms with Crippen LogP contribution in [0.15, 0.2) is 87.7 Å². The lowest BCUT2D eigenvalue weighted by Crippen LogP contribution is -2.48. The molecule has 0 amide bonds. The van der Waals surface area contributed by atoms with Crippen molar-refractivity contribution in [2.24, 2.45) is 16.6 Å². The third-order valence-corrected chi connectivity index (χ3v) is 10.5. The first-order valence-electron chi connectivity index (χ1n) is 13.6. The van der Waals surface area contributed by atoms with Crippen LogP contribution >= 0.6 is 0 Å². The number of oxime groups is 1. The molecule has 0 unspecified atom stereocenters. The molecule has 4 N–H and O–H groups in total. The molecule has 4 rings (SSSR count). The van der Waals surface area contributed by atoms with Crippen molar-refractivity contribution in [3.05, 3.63) is 89.5 Å². The lowest BCUT2D eigenvalue weighted by atomic mass is 10.1. The molecule has 0 aromatic heterocycles. The predicted molar refractivity (Wildman–Crippen MR) is 161 cm³/mol. The number of sulfone groups is 1. The van der Waals surface area contributed by atoms with Crippen LogP contribution in [0.25, 0.3) is 0 Å². The highest BCUT2D eigenvalue weighted by Crippen LogP contribution is 2.29. The lowest BCUT2D eigenvalue weighted by Gasteiger charge is -2.34. The van der Waals surface area contributed by atoms with E-state index in [2.05, 4.69) is 10.1 Å². The summed E-state index contributed by atoms with van der Waals surface area (Å²) in [5, 5.41) is 3.44. The van der Waals surface area contributed by atoms with Gasteiger partial charge in [0, 0.05) is 39.1 Å². The number of sulfonamides is 1. The van der Waals surface area contributed by atoms with Gasteiger partial charge in [-0.2, -0.15) is 4.31 Å². The zero-order valence-electron chi connectivity index (χ0n) is 23.6. The highest BCUT2D eigenvalue weighted by molar-refractivity contribution is 7.93. The van der Waals surface area contributed by atoms with Crippen LogP contribution in [0.4, 0.5) is 0 Å². The molecule has 3 aromatic rings. The van der Waals surface area contributed by atoms with E-state index in [4.69, 9.17) is 21.0 Å². The second-order valence-electron chi connectivity index (χ2n) is 10.1. The molecular formula is C29H37N5O6S2. The van der Waals surface area contributed by atoms with Gasteiger partial charge in [-0.25, -0.2) is 16.8 Å². The molecule has 1 heterocycles. The van der Waals surface area contributed by atoms with E-state index in [0.29, 0.717) is 37.4 Å². The summed E-state index contributed by atoms with van der Waals surface area (Å²) in [7, 11) is -8.06. The standard InChI is InChI=1S/C29H37N5O6S2/c1-23-18-25(20-26(19-23)39-16-7-17-40-32-29(30)31)22-41(35,36)27-10-5-6-11-28(27)42(37,38)34-14-12-33(13-15-34)21-24-8-3-2-4-9-24/h2-6,8-11,18-20H,7,12-17,21-22H2,1H3,(H4,30,31,32). The maximum atomic E-state index is 13.7. The van der Waals surface area contributed by atoms with Gasteiger partial charge in [-0.1, -0.05) is 48.5 Å². The summed E-state index contributed by atoms with van der Waals surface area (Å²) in [6, 6.07) is 21.0. The molecule has 0 spiro atoms. The van der Waals surface area contributed by atoms with Crippen LogP contribution in [0.1, 0.15) is 23.1 Å². The molecular weight excluding hydrogens is 578 g/mol. The second-order valence-corrected chi connectivity index (χ2v) is 13.9. The van der Waals surface area contributed by atoms with Crippen molar-refractivity contribution in [1.82, 2.24) is 9.21 Å². The van der Waals surface area contributed by atoms with Crippen molar-refractivity contribution in [2.75, 3.05) is 39.4 Å². The summed E-state index contributed by atoms with van der Waals surface area (Å²) in [5.41, 5.74) is 12.9. The van der Waals surface area contributed by atoms with Gasteiger partial charge in [0.1, 0.15) is 17.3 Å². The molecule has 1 aliphatic heterocycles. The van der Waals surface area contributed by atoms with Crippen molar-refractivity contribution in [1.29, 1.82) is 0 Å². The Bertz CT molecular complexity index is 1590. The minimum Gasteiger partial charge on any atom is -0.493 e. The fourth-order valence-corrected chi connectivity index (χ4v) is 8.36. The maximum Gasteiger partial charge on any atom is 0.244 e. The summed E-state index contributed by atoms with van der Waals surface area (Å²) < 4.78 is 61.8. The molecule has 13 heteroatoms. The van der Waals surface area contributed by atoms with E-state index in [0.717, 1.165) is 17.7 Å². The number of piperazine rings is 1. The normalized spacial score (nSPS) is 14.8. The molecule has 1 saturated heterocycles. The number of nitrogens with two attached hydrogens (primary N) is 2. The first kappa shape index (κ1) is 31.3. The van der Waals surface area contributed by atoms with Crippen LogP contribution < -0.4 is 16.2 Å². The Morgan fingerprint density at radius 1 is 0.833 bits per heavy atom. The lowest BCUT2D eigenvalue weighted by molar-refractivity contribution is 0.127. The van der Waals surface area contributed by atoms with Gasteiger partial charge in [0.05, 0.1) is 17.3 Å². The third kappa shape index (κ3) is 8.44. The zero-order valence-corrected chi connectivity index (χ0v) is 25.2. The van der Waals surface area contributed by atoms with Crippen LogP contribution in [-0.4, -0.2) is 71.4 Å². The number of nitrogens with zero attached hydrogens (tertiary/aromatic N) is 3. The average Bonchev–Trinajstić information content (AvgIpc) is 2.95.